The number of carbonyl (C=O) groups excluding carboxylic acids is 1. The molecule has 21 heavy (non-hydrogen) atoms. The first-order valence-corrected chi connectivity index (χ1v) is 7.04. The molecule has 0 aliphatic carbocycles. The van der Waals surface area contributed by atoms with Gasteiger partial charge in [0, 0.05) is 30.4 Å². The van der Waals surface area contributed by atoms with E-state index in [4.69, 9.17) is 0 Å². The molecule has 0 unspecified atom stereocenters. The molecule has 5 heteroatoms. The third-order valence-corrected chi connectivity index (χ3v) is 3.67. The van der Waals surface area contributed by atoms with Gasteiger partial charge in [-0.1, -0.05) is 19.1 Å². The van der Waals surface area contributed by atoms with Gasteiger partial charge in [0.15, 0.2) is 0 Å². The number of nitrogens with zero attached hydrogens (tertiary/aromatic N) is 2. The number of aryl methyl sites for hydroxylation is 1. The molecule has 2 aromatic heterocycles. The number of rotatable bonds is 4. The second-order valence-electron chi connectivity index (χ2n) is 5.13. The van der Waals surface area contributed by atoms with Crippen molar-refractivity contribution < 1.29 is 4.79 Å². The molecule has 108 valence electrons. The van der Waals surface area contributed by atoms with E-state index in [1.54, 1.807) is 10.9 Å². The second-order valence-corrected chi connectivity index (χ2v) is 5.13. The predicted molar refractivity (Wildman–Crippen MR) is 82.0 cm³/mol. The van der Waals surface area contributed by atoms with Crippen LogP contribution in [-0.2, 0) is 7.05 Å². The number of hydrogen-bond acceptors (Lipinski definition) is 2. The van der Waals surface area contributed by atoms with Crippen LogP contribution in [-0.4, -0.2) is 20.7 Å². The highest BCUT2D eigenvalue weighted by molar-refractivity contribution is 6.05. The fraction of sp³-hybridized carbons (Fsp3) is 0.250. The molecule has 2 N–H and O–H groups in total. The van der Waals surface area contributed by atoms with Crippen molar-refractivity contribution in [2.24, 2.45) is 7.05 Å². The average molecular weight is 282 g/mol. The van der Waals surface area contributed by atoms with E-state index in [-0.39, 0.29) is 11.9 Å². The fourth-order valence-electron chi connectivity index (χ4n) is 2.55. The fourth-order valence-corrected chi connectivity index (χ4v) is 2.55. The molecule has 0 spiro atoms. The quantitative estimate of drug-likeness (QED) is 0.773. The summed E-state index contributed by atoms with van der Waals surface area (Å²) in [6.45, 7) is 2.05. The molecule has 0 aliphatic heterocycles. The monoisotopic (exact) mass is 282 g/mol. The Labute approximate surface area is 123 Å². The zero-order valence-electron chi connectivity index (χ0n) is 12.1. The minimum atomic E-state index is -0.0706. The number of amides is 1. The van der Waals surface area contributed by atoms with Crippen LogP contribution < -0.4 is 5.32 Å². The van der Waals surface area contributed by atoms with Crippen LogP contribution in [0, 0.1) is 0 Å². The molecule has 1 aromatic carbocycles. The van der Waals surface area contributed by atoms with Crippen LogP contribution in [0.5, 0.6) is 0 Å². The van der Waals surface area contributed by atoms with E-state index in [9.17, 15) is 4.79 Å². The maximum Gasteiger partial charge on any atom is 0.253 e. The summed E-state index contributed by atoms with van der Waals surface area (Å²) in [6, 6.07) is 7.66. The Morgan fingerprint density at radius 3 is 3.00 bits per heavy atom. The van der Waals surface area contributed by atoms with Crippen molar-refractivity contribution in [2.75, 3.05) is 0 Å². The Morgan fingerprint density at radius 2 is 2.29 bits per heavy atom. The van der Waals surface area contributed by atoms with E-state index < -0.39 is 0 Å². The van der Waals surface area contributed by atoms with E-state index in [0.29, 0.717) is 5.56 Å². The Hall–Kier alpha value is -2.56. The first-order chi connectivity index (χ1) is 10.2. The molecule has 0 radical (unpaired) electrons. The van der Waals surface area contributed by atoms with Gasteiger partial charge in [0.2, 0.25) is 0 Å². The van der Waals surface area contributed by atoms with Gasteiger partial charge in [0.1, 0.15) is 0 Å². The summed E-state index contributed by atoms with van der Waals surface area (Å²) in [7, 11) is 1.87. The van der Waals surface area contributed by atoms with Crippen molar-refractivity contribution in [1.29, 1.82) is 0 Å². The molecule has 1 amide bonds. The average Bonchev–Trinajstić information content (AvgIpc) is 3.12. The van der Waals surface area contributed by atoms with Gasteiger partial charge in [-0.2, -0.15) is 5.10 Å². The van der Waals surface area contributed by atoms with Gasteiger partial charge in [0.05, 0.1) is 23.3 Å². The lowest BCUT2D eigenvalue weighted by molar-refractivity contribution is 0.0937. The van der Waals surface area contributed by atoms with Crippen molar-refractivity contribution in [2.45, 2.75) is 19.4 Å². The highest BCUT2D eigenvalue weighted by Crippen LogP contribution is 2.20. The van der Waals surface area contributed by atoms with Gasteiger partial charge in [-0.15, -0.1) is 0 Å². The number of benzene rings is 1. The molecule has 1 atom stereocenters. The Balaban J connectivity index is 1.86. The zero-order valence-corrected chi connectivity index (χ0v) is 12.1. The van der Waals surface area contributed by atoms with Gasteiger partial charge in [-0.25, -0.2) is 0 Å². The molecule has 0 aliphatic rings. The van der Waals surface area contributed by atoms with Gasteiger partial charge in [-0.3, -0.25) is 9.48 Å². The normalized spacial score (nSPS) is 12.5. The molecule has 0 fully saturated rings. The zero-order chi connectivity index (χ0) is 14.8. The minimum Gasteiger partial charge on any atom is -0.361 e. The smallest absolute Gasteiger partial charge is 0.253 e. The van der Waals surface area contributed by atoms with Crippen LogP contribution in [0.15, 0.2) is 42.9 Å². The highest BCUT2D eigenvalue weighted by Gasteiger charge is 2.17. The number of H-pyrrole nitrogens is 1. The third kappa shape index (κ3) is 2.54. The molecule has 2 heterocycles. The summed E-state index contributed by atoms with van der Waals surface area (Å²) in [5, 5.41) is 8.29. The van der Waals surface area contributed by atoms with E-state index in [1.165, 1.54) is 0 Å². The van der Waals surface area contributed by atoms with Gasteiger partial charge < -0.3 is 10.3 Å². The number of aromatic amines is 1. The second kappa shape index (κ2) is 5.44. The van der Waals surface area contributed by atoms with Crippen molar-refractivity contribution in [3.63, 3.8) is 0 Å². The standard InChI is InChI=1S/C16H18N4O/c1-3-14(12-9-18-20(2)10-12)19-16(21)13-6-4-5-11-7-8-17-15(11)13/h4-10,14,17H,3H2,1-2H3,(H,19,21)/t14-/m1/s1. The minimum absolute atomic E-state index is 0.0311. The lowest BCUT2D eigenvalue weighted by Crippen LogP contribution is -2.28. The van der Waals surface area contributed by atoms with Crippen molar-refractivity contribution in [3.05, 3.63) is 54.0 Å². The Kier molecular flexibility index (Phi) is 3.48. The molecule has 0 saturated heterocycles. The van der Waals surface area contributed by atoms with E-state index >= 15 is 0 Å². The Morgan fingerprint density at radius 1 is 1.43 bits per heavy atom. The van der Waals surface area contributed by atoms with Crippen molar-refractivity contribution in [1.82, 2.24) is 20.1 Å². The Bertz CT molecular complexity index is 771. The topological polar surface area (TPSA) is 62.7 Å². The number of hydrogen-bond donors (Lipinski definition) is 2. The first kappa shape index (κ1) is 13.4. The van der Waals surface area contributed by atoms with Crippen molar-refractivity contribution in [3.8, 4) is 0 Å². The van der Waals surface area contributed by atoms with Crippen LogP contribution >= 0.6 is 0 Å². The van der Waals surface area contributed by atoms with Crippen LogP contribution in [0.3, 0.4) is 0 Å². The van der Waals surface area contributed by atoms with Crippen LogP contribution in [0.1, 0.15) is 35.3 Å². The molecular weight excluding hydrogens is 264 g/mol. The molecule has 3 aromatic rings. The van der Waals surface area contributed by atoms with Crippen molar-refractivity contribution >= 4 is 16.8 Å². The van der Waals surface area contributed by atoms with E-state index in [0.717, 1.165) is 22.9 Å². The first-order valence-electron chi connectivity index (χ1n) is 7.04. The number of carbonyl (C=O) groups is 1. The van der Waals surface area contributed by atoms with Crippen LogP contribution in [0.4, 0.5) is 0 Å². The summed E-state index contributed by atoms with van der Waals surface area (Å²) >= 11 is 0. The van der Waals surface area contributed by atoms with Gasteiger partial charge in [0.25, 0.3) is 5.91 Å². The third-order valence-electron chi connectivity index (χ3n) is 3.67. The number of para-hydroxylation sites is 1. The number of nitrogens with one attached hydrogen (secondary N) is 2. The lowest BCUT2D eigenvalue weighted by Gasteiger charge is -2.15. The number of fused-ring (bicyclic) bond motifs is 1. The van der Waals surface area contributed by atoms with Crippen LogP contribution in [0.2, 0.25) is 0 Å². The summed E-state index contributed by atoms with van der Waals surface area (Å²) in [5.74, 6) is -0.0706. The van der Waals surface area contributed by atoms with Gasteiger partial charge in [-0.05, 0) is 18.6 Å². The molecular formula is C16H18N4O. The van der Waals surface area contributed by atoms with E-state index in [1.807, 2.05) is 50.6 Å². The maximum atomic E-state index is 12.5. The highest BCUT2D eigenvalue weighted by atomic mass is 16.1. The molecule has 0 bridgehead atoms. The summed E-state index contributed by atoms with van der Waals surface area (Å²) in [6.07, 6.45) is 6.39. The summed E-state index contributed by atoms with van der Waals surface area (Å²) in [5.41, 5.74) is 2.56. The summed E-state index contributed by atoms with van der Waals surface area (Å²) < 4.78 is 1.75. The summed E-state index contributed by atoms with van der Waals surface area (Å²) in [4.78, 5) is 15.7. The molecule has 5 nitrogen and oxygen atoms in total. The lowest BCUT2D eigenvalue weighted by atomic mass is 10.1. The van der Waals surface area contributed by atoms with E-state index in [2.05, 4.69) is 15.4 Å². The maximum absolute atomic E-state index is 12.5. The SMILES string of the molecule is CC[C@@H](NC(=O)c1cccc2cc[nH]c12)c1cnn(C)c1. The molecule has 0 saturated carbocycles. The van der Waals surface area contributed by atoms with Crippen LogP contribution in [0.25, 0.3) is 10.9 Å². The predicted octanol–water partition coefficient (Wildman–Crippen LogP) is 2.78. The van der Waals surface area contributed by atoms with Gasteiger partial charge >= 0.3 is 0 Å². The number of aromatic nitrogens is 3. The molecule has 3 rings (SSSR count). The largest absolute Gasteiger partial charge is 0.361 e.